The SMILES string of the molecule is CCOC(=O)NS(=O)(=O)N1CCCC(CBr)C1. The fourth-order valence-electron chi connectivity index (χ4n) is 1.70. The Kier molecular flexibility index (Phi) is 5.68. The number of hydrogen-bond acceptors (Lipinski definition) is 4. The van der Waals surface area contributed by atoms with Gasteiger partial charge in [0.1, 0.15) is 0 Å². The Balaban J connectivity index is 2.60. The average Bonchev–Trinajstić information content (AvgIpc) is 2.28. The number of nitrogens with one attached hydrogen (secondary N) is 1. The monoisotopic (exact) mass is 328 g/mol. The second-order valence-corrected chi connectivity index (χ2v) is 6.17. The lowest BCUT2D eigenvalue weighted by Crippen LogP contribution is -2.48. The van der Waals surface area contributed by atoms with Crippen molar-refractivity contribution in [1.82, 2.24) is 9.03 Å². The predicted molar refractivity (Wildman–Crippen MR) is 67.2 cm³/mol. The highest BCUT2D eigenvalue weighted by atomic mass is 79.9. The van der Waals surface area contributed by atoms with Gasteiger partial charge in [-0.25, -0.2) is 9.52 Å². The van der Waals surface area contributed by atoms with Crippen LogP contribution in [0.1, 0.15) is 19.8 Å². The number of carbonyl (C=O) groups is 1. The number of nitrogens with zero attached hydrogens (tertiary/aromatic N) is 1. The fraction of sp³-hybridized carbons (Fsp3) is 0.889. The summed E-state index contributed by atoms with van der Waals surface area (Å²) in [5, 5.41) is 0.762. The maximum Gasteiger partial charge on any atom is 0.421 e. The molecule has 0 radical (unpaired) electrons. The molecule has 1 heterocycles. The van der Waals surface area contributed by atoms with E-state index >= 15 is 0 Å². The molecule has 0 aromatic carbocycles. The Hall–Kier alpha value is -0.340. The summed E-state index contributed by atoms with van der Waals surface area (Å²) in [6.07, 6.45) is 0.880. The van der Waals surface area contributed by atoms with Gasteiger partial charge in [0.15, 0.2) is 0 Å². The molecule has 1 aliphatic rings. The molecule has 0 aromatic heterocycles. The molecule has 0 aliphatic carbocycles. The van der Waals surface area contributed by atoms with Crippen molar-refractivity contribution in [3.63, 3.8) is 0 Å². The molecule has 17 heavy (non-hydrogen) atoms. The van der Waals surface area contributed by atoms with E-state index < -0.39 is 16.3 Å². The third kappa shape index (κ3) is 4.44. The number of halogens is 1. The molecule has 1 fully saturated rings. The Labute approximate surface area is 110 Å². The third-order valence-electron chi connectivity index (χ3n) is 2.53. The van der Waals surface area contributed by atoms with Crippen LogP contribution in [-0.4, -0.2) is 43.8 Å². The van der Waals surface area contributed by atoms with Crippen LogP contribution in [0.5, 0.6) is 0 Å². The predicted octanol–water partition coefficient (Wildman–Crippen LogP) is 1.08. The third-order valence-corrected chi connectivity index (χ3v) is 4.88. The van der Waals surface area contributed by atoms with Crippen molar-refractivity contribution in [2.45, 2.75) is 19.8 Å². The van der Waals surface area contributed by atoms with Crippen molar-refractivity contribution in [3.05, 3.63) is 0 Å². The van der Waals surface area contributed by atoms with Gasteiger partial charge in [-0.2, -0.15) is 12.7 Å². The maximum absolute atomic E-state index is 11.8. The first-order valence-electron chi connectivity index (χ1n) is 5.50. The van der Waals surface area contributed by atoms with E-state index in [1.807, 2.05) is 4.72 Å². The molecule has 1 unspecified atom stereocenters. The van der Waals surface area contributed by atoms with E-state index in [0.717, 1.165) is 18.2 Å². The minimum absolute atomic E-state index is 0.144. The van der Waals surface area contributed by atoms with E-state index in [-0.39, 0.29) is 6.61 Å². The number of ether oxygens (including phenoxy) is 1. The zero-order chi connectivity index (χ0) is 12.9. The summed E-state index contributed by atoms with van der Waals surface area (Å²) in [6, 6.07) is 0. The van der Waals surface area contributed by atoms with Crippen LogP contribution in [-0.2, 0) is 14.9 Å². The Morgan fingerprint density at radius 1 is 1.59 bits per heavy atom. The first-order valence-corrected chi connectivity index (χ1v) is 8.06. The number of rotatable bonds is 4. The second kappa shape index (κ2) is 6.55. The standard InChI is InChI=1S/C9H17BrN2O4S/c1-2-16-9(13)11-17(14,15)12-5-3-4-8(6-10)7-12/h8H,2-7H2,1H3,(H,11,13). The molecule has 8 heteroatoms. The number of amides is 1. The zero-order valence-electron chi connectivity index (χ0n) is 9.69. The van der Waals surface area contributed by atoms with Crippen molar-refractivity contribution < 1.29 is 17.9 Å². The highest BCUT2D eigenvalue weighted by molar-refractivity contribution is 9.09. The highest BCUT2D eigenvalue weighted by Gasteiger charge is 2.29. The van der Waals surface area contributed by atoms with Gasteiger partial charge < -0.3 is 4.74 Å². The van der Waals surface area contributed by atoms with Gasteiger partial charge in [0.2, 0.25) is 0 Å². The molecule has 0 spiro atoms. The van der Waals surface area contributed by atoms with Crippen molar-refractivity contribution in [3.8, 4) is 0 Å². The van der Waals surface area contributed by atoms with Gasteiger partial charge in [-0.15, -0.1) is 0 Å². The van der Waals surface area contributed by atoms with E-state index in [4.69, 9.17) is 0 Å². The molecule has 6 nitrogen and oxygen atoms in total. The first-order chi connectivity index (χ1) is 7.99. The number of carbonyl (C=O) groups excluding carboxylic acids is 1. The van der Waals surface area contributed by atoms with Crippen molar-refractivity contribution in [2.24, 2.45) is 5.92 Å². The molecule has 0 saturated carbocycles. The van der Waals surface area contributed by atoms with Crippen LogP contribution < -0.4 is 4.72 Å². The van der Waals surface area contributed by atoms with Gasteiger partial charge in [0.05, 0.1) is 6.61 Å². The van der Waals surface area contributed by atoms with Crippen molar-refractivity contribution in [2.75, 3.05) is 25.0 Å². The first kappa shape index (κ1) is 14.7. The summed E-state index contributed by atoms with van der Waals surface area (Å²) in [5.41, 5.74) is 0. The van der Waals surface area contributed by atoms with Crippen LogP contribution in [0.4, 0.5) is 4.79 Å². The smallest absolute Gasteiger partial charge is 0.421 e. The van der Waals surface area contributed by atoms with Crippen molar-refractivity contribution in [1.29, 1.82) is 0 Å². The van der Waals surface area contributed by atoms with E-state index in [1.165, 1.54) is 4.31 Å². The van der Waals surface area contributed by atoms with E-state index in [0.29, 0.717) is 19.0 Å². The minimum Gasteiger partial charge on any atom is -0.449 e. The Bertz CT molecular complexity index is 360. The van der Waals surface area contributed by atoms with Crippen LogP contribution in [0.3, 0.4) is 0 Å². The van der Waals surface area contributed by atoms with Crippen molar-refractivity contribution >= 4 is 32.2 Å². The molecule has 0 aromatic rings. The molecule has 100 valence electrons. The molecule has 1 amide bonds. The lowest BCUT2D eigenvalue weighted by molar-refractivity contribution is 0.157. The van der Waals surface area contributed by atoms with Gasteiger partial charge in [0.25, 0.3) is 0 Å². The molecule has 0 bridgehead atoms. The topological polar surface area (TPSA) is 75.7 Å². The van der Waals surface area contributed by atoms with E-state index in [9.17, 15) is 13.2 Å². The molecule has 1 atom stereocenters. The van der Waals surface area contributed by atoms with E-state index in [2.05, 4.69) is 20.7 Å². The zero-order valence-corrected chi connectivity index (χ0v) is 12.1. The lowest BCUT2D eigenvalue weighted by atomic mass is 10.0. The van der Waals surface area contributed by atoms with Gasteiger partial charge in [-0.1, -0.05) is 15.9 Å². The van der Waals surface area contributed by atoms with Crippen LogP contribution in [0.25, 0.3) is 0 Å². The van der Waals surface area contributed by atoms with Gasteiger partial charge >= 0.3 is 16.3 Å². The van der Waals surface area contributed by atoms with Crippen LogP contribution >= 0.6 is 15.9 Å². The molecular formula is C9H17BrN2O4S. The normalized spacial score (nSPS) is 22.1. The number of hydrogen-bond donors (Lipinski definition) is 1. The van der Waals surface area contributed by atoms with Crippen LogP contribution in [0.2, 0.25) is 0 Å². The molecule has 1 rings (SSSR count). The summed E-state index contributed by atoms with van der Waals surface area (Å²) in [5.74, 6) is 0.294. The summed E-state index contributed by atoms with van der Waals surface area (Å²) in [4.78, 5) is 11.1. The van der Waals surface area contributed by atoms with Gasteiger partial charge in [0, 0.05) is 18.4 Å². The maximum atomic E-state index is 11.8. The number of piperidine rings is 1. The summed E-state index contributed by atoms with van der Waals surface area (Å²) in [6.45, 7) is 2.64. The second-order valence-electron chi connectivity index (χ2n) is 3.85. The summed E-state index contributed by atoms with van der Waals surface area (Å²) >= 11 is 3.35. The van der Waals surface area contributed by atoms with Crippen LogP contribution in [0.15, 0.2) is 0 Å². The fourth-order valence-corrected chi connectivity index (χ4v) is 3.41. The van der Waals surface area contributed by atoms with E-state index in [1.54, 1.807) is 6.92 Å². The molecule has 1 saturated heterocycles. The molecule has 1 aliphatic heterocycles. The highest BCUT2D eigenvalue weighted by Crippen LogP contribution is 2.20. The molecular weight excluding hydrogens is 312 g/mol. The lowest BCUT2D eigenvalue weighted by Gasteiger charge is -2.30. The summed E-state index contributed by atoms with van der Waals surface area (Å²) in [7, 11) is -3.76. The number of alkyl halides is 1. The largest absolute Gasteiger partial charge is 0.449 e. The summed E-state index contributed by atoms with van der Waals surface area (Å²) < 4.78 is 31.4. The van der Waals surface area contributed by atoms with Gasteiger partial charge in [-0.3, -0.25) is 0 Å². The average molecular weight is 329 g/mol. The molecule has 1 N–H and O–H groups in total. The Morgan fingerprint density at radius 2 is 2.29 bits per heavy atom. The van der Waals surface area contributed by atoms with Gasteiger partial charge in [-0.05, 0) is 25.7 Å². The van der Waals surface area contributed by atoms with Crippen LogP contribution in [0, 0.1) is 5.92 Å². The quantitative estimate of drug-likeness (QED) is 0.783. The Morgan fingerprint density at radius 3 is 2.88 bits per heavy atom. The minimum atomic E-state index is -3.76.